The Balaban J connectivity index is 2.46. The summed E-state index contributed by atoms with van der Waals surface area (Å²) in [6, 6.07) is 2.22. The Kier molecular flexibility index (Phi) is 1.89. The predicted octanol–water partition coefficient (Wildman–Crippen LogP) is 0.854. The summed E-state index contributed by atoms with van der Waals surface area (Å²) >= 11 is 0. The summed E-state index contributed by atoms with van der Waals surface area (Å²) in [5, 5.41) is 8.51. The van der Waals surface area contributed by atoms with E-state index in [0.717, 1.165) is 13.1 Å². The number of rotatable bonds is 1. The SMILES string of the molecule is C#CC(C)(C)N1CC(C#N)C1. The Labute approximate surface area is 67.8 Å². The van der Waals surface area contributed by atoms with Crippen LogP contribution in [0.15, 0.2) is 0 Å². The summed E-state index contributed by atoms with van der Waals surface area (Å²) in [6.07, 6.45) is 5.33. The number of hydrogen-bond donors (Lipinski definition) is 0. The monoisotopic (exact) mass is 148 g/mol. The summed E-state index contributed by atoms with van der Waals surface area (Å²) in [6.45, 7) is 5.66. The molecule has 0 aromatic heterocycles. The fraction of sp³-hybridized carbons (Fsp3) is 0.667. The van der Waals surface area contributed by atoms with Crippen LogP contribution in [-0.4, -0.2) is 23.5 Å². The molecule has 0 aromatic rings. The Morgan fingerprint density at radius 2 is 2.09 bits per heavy atom. The molecule has 0 saturated carbocycles. The van der Waals surface area contributed by atoms with E-state index in [-0.39, 0.29) is 11.5 Å². The van der Waals surface area contributed by atoms with Gasteiger partial charge >= 0.3 is 0 Å². The molecular formula is C9H12N2. The van der Waals surface area contributed by atoms with Crippen LogP contribution < -0.4 is 0 Å². The molecule has 0 aromatic carbocycles. The second-order valence-electron chi connectivity index (χ2n) is 3.43. The number of hydrogen-bond acceptors (Lipinski definition) is 2. The van der Waals surface area contributed by atoms with Gasteiger partial charge in [0.15, 0.2) is 0 Å². The van der Waals surface area contributed by atoms with Crippen LogP contribution in [0.3, 0.4) is 0 Å². The minimum absolute atomic E-state index is 0.173. The second kappa shape index (κ2) is 2.57. The third kappa shape index (κ3) is 1.37. The maximum atomic E-state index is 8.51. The molecule has 0 atom stereocenters. The Morgan fingerprint density at radius 3 is 2.45 bits per heavy atom. The lowest BCUT2D eigenvalue weighted by Gasteiger charge is -2.44. The highest BCUT2D eigenvalue weighted by molar-refractivity contribution is 5.13. The minimum atomic E-state index is -0.173. The van der Waals surface area contributed by atoms with Crippen molar-refractivity contribution >= 4 is 0 Å². The Morgan fingerprint density at radius 1 is 1.55 bits per heavy atom. The molecule has 0 unspecified atom stereocenters. The van der Waals surface area contributed by atoms with Gasteiger partial charge in [0.2, 0.25) is 0 Å². The first-order valence-electron chi connectivity index (χ1n) is 3.72. The maximum Gasteiger partial charge on any atom is 0.0766 e. The standard InChI is InChI=1S/C9H12N2/c1-4-9(2,3)11-6-8(5-10)7-11/h1,8H,6-7H2,2-3H3. The van der Waals surface area contributed by atoms with Gasteiger partial charge in [-0.1, -0.05) is 5.92 Å². The zero-order chi connectivity index (χ0) is 8.48. The molecule has 0 N–H and O–H groups in total. The fourth-order valence-electron chi connectivity index (χ4n) is 1.11. The molecule has 2 nitrogen and oxygen atoms in total. The zero-order valence-corrected chi connectivity index (χ0v) is 6.96. The lowest BCUT2D eigenvalue weighted by Crippen LogP contribution is -2.56. The van der Waals surface area contributed by atoms with Crippen LogP contribution >= 0.6 is 0 Å². The highest BCUT2D eigenvalue weighted by atomic mass is 15.2. The third-order valence-electron chi connectivity index (χ3n) is 2.21. The van der Waals surface area contributed by atoms with Gasteiger partial charge in [-0.05, 0) is 13.8 Å². The van der Waals surface area contributed by atoms with Gasteiger partial charge < -0.3 is 0 Å². The van der Waals surface area contributed by atoms with E-state index in [1.54, 1.807) is 0 Å². The van der Waals surface area contributed by atoms with E-state index in [0.29, 0.717) is 0 Å². The summed E-state index contributed by atoms with van der Waals surface area (Å²) in [5.74, 6) is 2.90. The van der Waals surface area contributed by atoms with Crippen molar-refractivity contribution in [1.29, 1.82) is 5.26 Å². The van der Waals surface area contributed by atoms with Crippen molar-refractivity contribution in [1.82, 2.24) is 4.90 Å². The molecule has 0 bridgehead atoms. The first-order valence-corrected chi connectivity index (χ1v) is 3.72. The molecule has 1 rings (SSSR count). The van der Waals surface area contributed by atoms with Gasteiger partial charge in [-0.15, -0.1) is 6.42 Å². The van der Waals surface area contributed by atoms with Gasteiger partial charge in [-0.25, -0.2) is 0 Å². The molecule has 0 amide bonds. The molecular weight excluding hydrogens is 136 g/mol. The average Bonchev–Trinajstić information content (AvgIpc) is 1.85. The zero-order valence-electron chi connectivity index (χ0n) is 6.96. The van der Waals surface area contributed by atoms with Crippen LogP contribution in [0.2, 0.25) is 0 Å². The van der Waals surface area contributed by atoms with E-state index >= 15 is 0 Å². The highest BCUT2D eigenvalue weighted by Crippen LogP contribution is 2.24. The number of nitriles is 1. The van der Waals surface area contributed by atoms with E-state index in [1.807, 2.05) is 13.8 Å². The molecule has 0 aliphatic carbocycles. The number of likely N-dealkylation sites (tertiary alicyclic amines) is 1. The van der Waals surface area contributed by atoms with E-state index in [4.69, 9.17) is 11.7 Å². The van der Waals surface area contributed by atoms with Crippen LogP contribution in [0.4, 0.5) is 0 Å². The highest BCUT2D eigenvalue weighted by Gasteiger charge is 2.35. The van der Waals surface area contributed by atoms with Crippen molar-refractivity contribution in [2.75, 3.05) is 13.1 Å². The van der Waals surface area contributed by atoms with Crippen LogP contribution in [0.25, 0.3) is 0 Å². The van der Waals surface area contributed by atoms with Gasteiger partial charge in [0, 0.05) is 13.1 Å². The molecule has 1 fully saturated rings. The van der Waals surface area contributed by atoms with Crippen molar-refractivity contribution < 1.29 is 0 Å². The van der Waals surface area contributed by atoms with Gasteiger partial charge in [-0.3, -0.25) is 4.90 Å². The molecule has 1 heterocycles. The second-order valence-corrected chi connectivity index (χ2v) is 3.43. The fourth-order valence-corrected chi connectivity index (χ4v) is 1.11. The summed E-state index contributed by atoms with van der Waals surface area (Å²) in [5.41, 5.74) is -0.173. The van der Waals surface area contributed by atoms with Gasteiger partial charge in [0.05, 0.1) is 17.5 Å². The quantitative estimate of drug-likeness (QED) is 0.515. The smallest absolute Gasteiger partial charge is 0.0766 e. The number of terminal acetylenes is 1. The predicted molar refractivity (Wildman–Crippen MR) is 43.6 cm³/mol. The summed E-state index contributed by atoms with van der Waals surface area (Å²) < 4.78 is 0. The summed E-state index contributed by atoms with van der Waals surface area (Å²) in [4.78, 5) is 2.14. The minimum Gasteiger partial charge on any atom is -0.285 e. The van der Waals surface area contributed by atoms with Crippen molar-refractivity contribution in [3.05, 3.63) is 0 Å². The third-order valence-corrected chi connectivity index (χ3v) is 2.21. The van der Waals surface area contributed by atoms with Crippen molar-refractivity contribution in [3.63, 3.8) is 0 Å². The Bertz CT molecular complexity index is 223. The first kappa shape index (κ1) is 8.11. The molecule has 58 valence electrons. The van der Waals surface area contributed by atoms with Crippen molar-refractivity contribution in [2.45, 2.75) is 19.4 Å². The van der Waals surface area contributed by atoms with Gasteiger partial charge in [0.25, 0.3) is 0 Å². The molecule has 11 heavy (non-hydrogen) atoms. The van der Waals surface area contributed by atoms with Gasteiger partial charge in [-0.2, -0.15) is 5.26 Å². The normalized spacial score (nSPS) is 20.0. The molecule has 0 radical (unpaired) electrons. The molecule has 2 heteroatoms. The molecule has 1 saturated heterocycles. The van der Waals surface area contributed by atoms with E-state index in [1.165, 1.54) is 0 Å². The largest absolute Gasteiger partial charge is 0.285 e. The van der Waals surface area contributed by atoms with Crippen LogP contribution in [0.1, 0.15) is 13.8 Å². The molecule has 0 spiro atoms. The van der Waals surface area contributed by atoms with Crippen LogP contribution in [0.5, 0.6) is 0 Å². The number of nitrogens with zero attached hydrogens (tertiary/aromatic N) is 2. The molecule has 1 aliphatic rings. The van der Waals surface area contributed by atoms with Crippen LogP contribution in [-0.2, 0) is 0 Å². The first-order chi connectivity index (χ1) is 5.10. The van der Waals surface area contributed by atoms with Gasteiger partial charge in [0.1, 0.15) is 0 Å². The van der Waals surface area contributed by atoms with Crippen LogP contribution in [0, 0.1) is 29.6 Å². The lowest BCUT2D eigenvalue weighted by molar-refractivity contribution is 0.0607. The van der Waals surface area contributed by atoms with E-state index in [2.05, 4.69) is 16.9 Å². The van der Waals surface area contributed by atoms with E-state index in [9.17, 15) is 0 Å². The topological polar surface area (TPSA) is 27.0 Å². The van der Waals surface area contributed by atoms with Crippen molar-refractivity contribution in [2.24, 2.45) is 5.92 Å². The lowest BCUT2D eigenvalue weighted by atomic mass is 9.93. The average molecular weight is 148 g/mol. The Hall–Kier alpha value is -0.990. The summed E-state index contributed by atoms with van der Waals surface area (Å²) in [7, 11) is 0. The van der Waals surface area contributed by atoms with Crippen molar-refractivity contribution in [3.8, 4) is 18.4 Å². The van der Waals surface area contributed by atoms with E-state index < -0.39 is 0 Å². The maximum absolute atomic E-state index is 8.51. The molecule has 1 aliphatic heterocycles.